The summed E-state index contributed by atoms with van der Waals surface area (Å²) in [6, 6.07) is 10.3. The molecule has 0 fully saturated rings. The molecule has 142 valence electrons. The molecule has 0 saturated heterocycles. The van der Waals surface area contributed by atoms with Gasteiger partial charge in [-0.05, 0) is 35.4 Å². The summed E-state index contributed by atoms with van der Waals surface area (Å²) in [5.74, 6) is -1.03. The van der Waals surface area contributed by atoms with Gasteiger partial charge in [-0.3, -0.25) is 19.3 Å². The average molecular weight is 378 g/mol. The van der Waals surface area contributed by atoms with E-state index in [0.717, 1.165) is 16.0 Å². The van der Waals surface area contributed by atoms with Gasteiger partial charge in [0.2, 0.25) is 0 Å². The molecule has 4 rings (SSSR count). The van der Waals surface area contributed by atoms with Crippen LogP contribution in [0.15, 0.2) is 43.0 Å². The third kappa shape index (κ3) is 2.56. The highest BCUT2D eigenvalue weighted by atomic mass is 16.3. The molecule has 3 amide bonds. The summed E-state index contributed by atoms with van der Waals surface area (Å²) in [5.41, 5.74) is 3.85. The monoisotopic (exact) mass is 378 g/mol. The minimum Gasteiger partial charge on any atom is -0.395 e. The maximum absolute atomic E-state index is 12.5. The first-order valence-corrected chi connectivity index (χ1v) is 8.85. The highest BCUT2D eigenvalue weighted by Crippen LogP contribution is 2.35. The Bertz CT molecular complexity index is 960. The highest BCUT2D eigenvalue weighted by molar-refractivity contribution is 6.21. The quantitative estimate of drug-likeness (QED) is 0.766. The van der Waals surface area contributed by atoms with Crippen LogP contribution in [0.5, 0.6) is 0 Å². The Labute approximate surface area is 161 Å². The number of aliphatic hydroxyl groups is 2. The maximum atomic E-state index is 12.5. The van der Waals surface area contributed by atoms with Crippen LogP contribution >= 0.6 is 0 Å². The molecule has 0 saturated carbocycles. The molecule has 0 bridgehead atoms. The van der Waals surface area contributed by atoms with Crippen molar-refractivity contribution in [3.63, 3.8) is 0 Å². The summed E-state index contributed by atoms with van der Waals surface area (Å²) in [6.07, 6.45) is 0. The van der Waals surface area contributed by atoms with Crippen LogP contribution in [0.3, 0.4) is 0 Å². The van der Waals surface area contributed by atoms with Crippen molar-refractivity contribution in [2.75, 3.05) is 26.3 Å². The van der Waals surface area contributed by atoms with E-state index < -0.39 is 11.8 Å². The number of fused-ring (bicyclic) bond motifs is 2. The van der Waals surface area contributed by atoms with E-state index in [1.165, 1.54) is 4.90 Å². The van der Waals surface area contributed by atoms with E-state index in [9.17, 15) is 14.4 Å². The molecule has 0 spiro atoms. The smallest absolute Gasteiger partial charge is 0.261 e. The zero-order chi connectivity index (χ0) is 20.0. The van der Waals surface area contributed by atoms with Crippen molar-refractivity contribution in [2.45, 2.75) is 0 Å². The van der Waals surface area contributed by atoms with E-state index in [4.69, 9.17) is 10.2 Å². The van der Waals surface area contributed by atoms with Crippen LogP contribution in [0, 0.1) is 0 Å². The normalized spacial score (nSPS) is 15.5. The van der Waals surface area contributed by atoms with E-state index in [1.54, 1.807) is 30.3 Å². The van der Waals surface area contributed by atoms with E-state index in [0.29, 0.717) is 28.0 Å². The Hall–Kier alpha value is -3.29. The number of imide groups is 1. The van der Waals surface area contributed by atoms with Crippen LogP contribution in [0.25, 0.3) is 16.8 Å². The lowest BCUT2D eigenvalue weighted by Gasteiger charge is -2.15. The number of rotatable bonds is 5. The minimum absolute atomic E-state index is 0.0385. The number of hydrogen-bond donors (Lipinski definition) is 2. The third-order valence-corrected chi connectivity index (χ3v) is 5.08. The first-order chi connectivity index (χ1) is 13.5. The SMILES string of the molecule is C=C1c2cc(-c3ccc4c(c3)C(=O)N(CCO)C4=O)ccc2C(=O)N1CCO. The van der Waals surface area contributed by atoms with E-state index >= 15 is 0 Å². The van der Waals surface area contributed by atoms with E-state index in [-0.39, 0.29) is 32.2 Å². The summed E-state index contributed by atoms with van der Waals surface area (Å²) < 4.78 is 0. The molecule has 0 aliphatic carbocycles. The fraction of sp³-hybridized carbons (Fsp3) is 0.190. The summed E-state index contributed by atoms with van der Waals surface area (Å²) >= 11 is 0. The lowest BCUT2D eigenvalue weighted by molar-refractivity contribution is 0.0623. The number of carbonyl (C=O) groups is 3. The van der Waals surface area contributed by atoms with Crippen molar-refractivity contribution in [3.05, 3.63) is 65.2 Å². The Morgan fingerprint density at radius 2 is 1.14 bits per heavy atom. The van der Waals surface area contributed by atoms with Crippen LogP contribution < -0.4 is 0 Å². The molecule has 7 heteroatoms. The van der Waals surface area contributed by atoms with Crippen molar-refractivity contribution in [3.8, 4) is 11.1 Å². The van der Waals surface area contributed by atoms with Gasteiger partial charge in [-0.25, -0.2) is 0 Å². The molecule has 2 aliphatic heterocycles. The zero-order valence-corrected chi connectivity index (χ0v) is 15.0. The maximum Gasteiger partial charge on any atom is 0.261 e. The van der Waals surface area contributed by atoms with Crippen molar-refractivity contribution in [2.24, 2.45) is 0 Å². The minimum atomic E-state index is -0.425. The fourth-order valence-corrected chi connectivity index (χ4v) is 3.67. The lowest BCUT2D eigenvalue weighted by Crippen LogP contribution is -2.32. The van der Waals surface area contributed by atoms with Crippen molar-refractivity contribution in [1.82, 2.24) is 9.80 Å². The molecule has 7 nitrogen and oxygen atoms in total. The summed E-state index contributed by atoms with van der Waals surface area (Å²) in [4.78, 5) is 39.7. The number of carbonyl (C=O) groups excluding carboxylic acids is 3. The van der Waals surface area contributed by atoms with Gasteiger partial charge >= 0.3 is 0 Å². The predicted octanol–water partition coefficient (Wildman–Crippen LogP) is 1.36. The molecule has 0 aromatic heterocycles. The van der Waals surface area contributed by atoms with Gasteiger partial charge in [0.25, 0.3) is 17.7 Å². The molecular weight excluding hydrogens is 360 g/mol. The fourth-order valence-electron chi connectivity index (χ4n) is 3.67. The first kappa shape index (κ1) is 18.1. The molecule has 2 N–H and O–H groups in total. The van der Waals surface area contributed by atoms with Gasteiger partial charge in [0, 0.05) is 23.4 Å². The Morgan fingerprint density at radius 1 is 0.679 bits per heavy atom. The summed E-state index contributed by atoms with van der Waals surface area (Å²) in [6.45, 7) is 3.65. The molecule has 2 aromatic carbocycles. The average Bonchev–Trinajstić information content (AvgIpc) is 3.08. The van der Waals surface area contributed by atoms with Gasteiger partial charge in [0.15, 0.2) is 0 Å². The molecular formula is C21H18N2O5. The van der Waals surface area contributed by atoms with E-state index in [1.807, 2.05) is 6.07 Å². The molecule has 2 heterocycles. The standard InChI is InChI=1S/C21H18N2O5/c1-12-17-10-13(2-4-15(17)19(26)22(12)6-8-24)14-3-5-16-18(11-14)21(28)23(7-9-25)20(16)27/h2-5,10-11,24-25H,1,6-9H2. The second-order valence-electron chi connectivity index (χ2n) is 6.63. The number of nitrogens with zero attached hydrogens (tertiary/aromatic N) is 2. The van der Waals surface area contributed by atoms with Gasteiger partial charge < -0.3 is 15.1 Å². The van der Waals surface area contributed by atoms with Crippen LogP contribution in [0.4, 0.5) is 0 Å². The second kappa shape index (κ2) is 6.70. The van der Waals surface area contributed by atoms with Crippen LogP contribution in [0.2, 0.25) is 0 Å². The Kier molecular flexibility index (Phi) is 4.33. The largest absolute Gasteiger partial charge is 0.395 e. The topological polar surface area (TPSA) is 98.2 Å². The van der Waals surface area contributed by atoms with Gasteiger partial charge in [0.05, 0.1) is 30.9 Å². The van der Waals surface area contributed by atoms with Crippen LogP contribution in [-0.2, 0) is 0 Å². The predicted molar refractivity (Wildman–Crippen MR) is 101 cm³/mol. The Balaban J connectivity index is 1.72. The highest BCUT2D eigenvalue weighted by Gasteiger charge is 2.35. The number of hydrogen-bond acceptors (Lipinski definition) is 5. The zero-order valence-electron chi connectivity index (χ0n) is 15.0. The molecule has 0 radical (unpaired) electrons. The van der Waals surface area contributed by atoms with Crippen LogP contribution in [-0.4, -0.2) is 64.0 Å². The van der Waals surface area contributed by atoms with Crippen LogP contribution in [0.1, 0.15) is 36.6 Å². The summed E-state index contributed by atoms with van der Waals surface area (Å²) in [5, 5.41) is 18.2. The number of amides is 3. The summed E-state index contributed by atoms with van der Waals surface area (Å²) in [7, 11) is 0. The third-order valence-electron chi connectivity index (χ3n) is 5.08. The molecule has 0 unspecified atom stereocenters. The Morgan fingerprint density at radius 3 is 1.75 bits per heavy atom. The van der Waals surface area contributed by atoms with Crippen molar-refractivity contribution in [1.29, 1.82) is 0 Å². The van der Waals surface area contributed by atoms with Crippen molar-refractivity contribution < 1.29 is 24.6 Å². The van der Waals surface area contributed by atoms with Gasteiger partial charge in [0.1, 0.15) is 0 Å². The molecule has 28 heavy (non-hydrogen) atoms. The van der Waals surface area contributed by atoms with Gasteiger partial charge in [-0.1, -0.05) is 18.7 Å². The van der Waals surface area contributed by atoms with Gasteiger partial charge in [-0.15, -0.1) is 0 Å². The molecule has 2 aromatic rings. The van der Waals surface area contributed by atoms with E-state index in [2.05, 4.69) is 6.58 Å². The first-order valence-electron chi connectivity index (χ1n) is 8.85. The molecule has 0 atom stereocenters. The number of β-amino-alcohol motifs (C(OH)–C–C–N with tert-alkyl or cyclic N) is 2. The molecule has 2 aliphatic rings. The van der Waals surface area contributed by atoms with Crippen molar-refractivity contribution >= 4 is 23.4 Å². The van der Waals surface area contributed by atoms with Gasteiger partial charge in [-0.2, -0.15) is 0 Å². The second-order valence-corrected chi connectivity index (χ2v) is 6.63. The lowest BCUT2D eigenvalue weighted by atomic mass is 9.97. The number of benzene rings is 2. The number of aliphatic hydroxyl groups excluding tert-OH is 2.